The topological polar surface area (TPSA) is 62.6 Å². The molecule has 0 N–H and O–H groups in total. The maximum Gasteiger partial charge on any atom is 0.238 e. The summed E-state index contributed by atoms with van der Waals surface area (Å²) in [5.74, 6) is -0.136. The molecule has 4 rings (SSSR count). The molecule has 0 unspecified atom stereocenters. The van der Waals surface area contributed by atoms with Crippen LogP contribution in [0.5, 0.6) is 0 Å². The van der Waals surface area contributed by atoms with Gasteiger partial charge in [0.1, 0.15) is 0 Å². The van der Waals surface area contributed by atoms with Gasteiger partial charge in [0, 0.05) is 40.9 Å². The lowest BCUT2D eigenvalue weighted by atomic mass is 9.94. The lowest BCUT2D eigenvalue weighted by molar-refractivity contribution is -0.135. The van der Waals surface area contributed by atoms with Gasteiger partial charge in [0.25, 0.3) is 0 Å². The molecule has 8 heteroatoms. The average Bonchev–Trinajstić information content (AvgIpc) is 3.39. The largest absolute Gasteiger partial charge is 0.345 e. The highest BCUT2D eigenvalue weighted by Gasteiger charge is 2.30. The van der Waals surface area contributed by atoms with E-state index in [2.05, 4.69) is 38.7 Å². The Morgan fingerprint density at radius 3 is 2.41 bits per heavy atom. The SMILES string of the molecule is CCCN(CC(=O)N(Cc1cccn1Cc1ccc(Br)cc1)C1CCCCC1)S(=O)(=O)/C=C/c1ccccc1. The number of hydrogen-bond acceptors (Lipinski definition) is 3. The monoisotopic (exact) mass is 611 g/mol. The molecule has 0 radical (unpaired) electrons. The third kappa shape index (κ3) is 8.40. The van der Waals surface area contributed by atoms with Crippen molar-refractivity contribution >= 4 is 37.9 Å². The van der Waals surface area contributed by atoms with Crippen LogP contribution in [0.2, 0.25) is 0 Å². The molecule has 0 aliphatic heterocycles. The zero-order chi connectivity index (χ0) is 27.7. The number of carbonyl (C=O) groups is 1. The predicted molar refractivity (Wildman–Crippen MR) is 161 cm³/mol. The number of benzene rings is 2. The molecule has 0 bridgehead atoms. The first-order valence-corrected chi connectivity index (χ1v) is 16.1. The van der Waals surface area contributed by atoms with Gasteiger partial charge in [-0.2, -0.15) is 4.31 Å². The highest BCUT2D eigenvalue weighted by Crippen LogP contribution is 2.25. The highest BCUT2D eigenvalue weighted by atomic mass is 79.9. The first-order valence-electron chi connectivity index (χ1n) is 13.8. The molecule has 1 aliphatic rings. The van der Waals surface area contributed by atoms with Crippen molar-refractivity contribution in [3.8, 4) is 0 Å². The Bertz CT molecular complexity index is 1330. The van der Waals surface area contributed by atoms with E-state index in [-0.39, 0.29) is 18.5 Å². The quantitative estimate of drug-likeness (QED) is 0.230. The molecule has 1 heterocycles. The van der Waals surface area contributed by atoms with Crippen LogP contribution in [-0.2, 0) is 27.9 Å². The summed E-state index contributed by atoms with van der Waals surface area (Å²) in [5, 5.41) is 1.22. The van der Waals surface area contributed by atoms with E-state index < -0.39 is 10.0 Å². The number of amides is 1. The molecular weight excluding hydrogens is 574 g/mol. The minimum atomic E-state index is -3.76. The summed E-state index contributed by atoms with van der Waals surface area (Å²) >= 11 is 3.49. The molecule has 0 atom stereocenters. The Morgan fingerprint density at radius 2 is 1.72 bits per heavy atom. The van der Waals surface area contributed by atoms with Crippen molar-refractivity contribution in [2.24, 2.45) is 0 Å². The number of aromatic nitrogens is 1. The van der Waals surface area contributed by atoms with Crippen molar-refractivity contribution in [2.45, 2.75) is 64.6 Å². The number of rotatable bonds is 12. The summed E-state index contributed by atoms with van der Waals surface area (Å²) in [5.41, 5.74) is 3.03. The number of halogens is 1. The molecule has 0 saturated heterocycles. The molecule has 0 spiro atoms. The molecule has 6 nitrogen and oxygen atoms in total. The Labute approximate surface area is 241 Å². The fourth-order valence-electron chi connectivity index (χ4n) is 5.12. The molecule has 39 heavy (non-hydrogen) atoms. The van der Waals surface area contributed by atoms with E-state index in [4.69, 9.17) is 0 Å². The van der Waals surface area contributed by atoms with E-state index in [1.165, 1.54) is 21.7 Å². The van der Waals surface area contributed by atoms with Crippen LogP contribution in [0.25, 0.3) is 6.08 Å². The standard InChI is InChI=1S/C31H38BrN3O3S/c1-2-20-34(39(37,38)22-19-26-10-5-3-6-11-26)25-31(36)35(29-12-7-4-8-13-29)24-30-14-9-21-33(30)23-27-15-17-28(32)18-16-27/h3,5-6,9-11,14-19,21-22,29H,2,4,7-8,12-13,20,23-25H2,1H3/b22-19+. The first kappa shape index (κ1) is 29.3. The van der Waals surface area contributed by atoms with E-state index in [9.17, 15) is 13.2 Å². The Kier molecular flexibility index (Phi) is 10.6. The lowest BCUT2D eigenvalue weighted by Crippen LogP contribution is -2.47. The molecular formula is C31H38BrN3O3S. The van der Waals surface area contributed by atoms with Crippen molar-refractivity contribution in [3.05, 3.63) is 99.6 Å². The van der Waals surface area contributed by atoms with E-state index >= 15 is 0 Å². The van der Waals surface area contributed by atoms with Gasteiger partial charge >= 0.3 is 0 Å². The molecule has 208 valence electrons. The fourth-order valence-corrected chi connectivity index (χ4v) is 6.62. The maximum absolute atomic E-state index is 13.9. The van der Waals surface area contributed by atoms with Crippen molar-refractivity contribution in [2.75, 3.05) is 13.1 Å². The normalized spacial score (nSPS) is 14.7. The zero-order valence-corrected chi connectivity index (χ0v) is 25.0. The minimum Gasteiger partial charge on any atom is -0.345 e. The molecule has 1 aromatic heterocycles. The second-order valence-electron chi connectivity index (χ2n) is 10.2. The highest BCUT2D eigenvalue weighted by molar-refractivity contribution is 9.10. The van der Waals surface area contributed by atoms with Gasteiger partial charge in [-0.15, -0.1) is 0 Å². The molecule has 3 aromatic rings. The predicted octanol–water partition coefficient (Wildman–Crippen LogP) is 6.67. The molecule has 2 aromatic carbocycles. The third-order valence-corrected chi connectivity index (χ3v) is 9.27. The van der Waals surface area contributed by atoms with Gasteiger partial charge in [-0.05, 0) is 60.7 Å². The molecule has 1 saturated carbocycles. The number of carbonyl (C=O) groups excluding carboxylic acids is 1. The van der Waals surface area contributed by atoms with Crippen LogP contribution in [0.1, 0.15) is 62.3 Å². The van der Waals surface area contributed by atoms with Crippen molar-refractivity contribution in [1.82, 2.24) is 13.8 Å². The van der Waals surface area contributed by atoms with Gasteiger partial charge in [-0.3, -0.25) is 4.79 Å². The Hall–Kier alpha value is -2.68. The van der Waals surface area contributed by atoms with Gasteiger partial charge in [0.05, 0.1) is 13.1 Å². The molecule has 1 amide bonds. The van der Waals surface area contributed by atoms with Gasteiger partial charge in [0.2, 0.25) is 15.9 Å². The lowest BCUT2D eigenvalue weighted by Gasteiger charge is -2.36. The van der Waals surface area contributed by atoms with Crippen molar-refractivity contribution in [3.63, 3.8) is 0 Å². The Balaban J connectivity index is 1.53. The summed E-state index contributed by atoms with van der Waals surface area (Å²) < 4.78 is 31.1. The van der Waals surface area contributed by atoms with Crippen LogP contribution < -0.4 is 0 Å². The average molecular weight is 613 g/mol. The van der Waals surface area contributed by atoms with E-state index in [0.29, 0.717) is 26.1 Å². The van der Waals surface area contributed by atoms with Crippen LogP contribution in [0, 0.1) is 0 Å². The van der Waals surface area contributed by atoms with Crippen LogP contribution in [-0.4, -0.2) is 47.2 Å². The number of sulfonamides is 1. The van der Waals surface area contributed by atoms with Crippen LogP contribution in [0.3, 0.4) is 0 Å². The second-order valence-corrected chi connectivity index (χ2v) is 12.9. The van der Waals surface area contributed by atoms with Gasteiger partial charge < -0.3 is 9.47 Å². The van der Waals surface area contributed by atoms with Gasteiger partial charge in [-0.25, -0.2) is 8.42 Å². The Morgan fingerprint density at radius 1 is 1.00 bits per heavy atom. The van der Waals surface area contributed by atoms with Crippen molar-refractivity contribution in [1.29, 1.82) is 0 Å². The second kappa shape index (κ2) is 14.1. The van der Waals surface area contributed by atoms with Crippen LogP contribution >= 0.6 is 15.9 Å². The fraction of sp³-hybridized carbons (Fsp3) is 0.387. The first-order chi connectivity index (χ1) is 18.9. The molecule has 1 aliphatic carbocycles. The number of hydrogen-bond donors (Lipinski definition) is 0. The molecule has 1 fully saturated rings. The van der Waals surface area contributed by atoms with E-state index in [0.717, 1.165) is 41.4 Å². The summed E-state index contributed by atoms with van der Waals surface area (Å²) in [6, 6.07) is 21.8. The summed E-state index contributed by atoms with van der Waals surface area (Å²) in [6.07, 6.45) is 9.53. The summed E-state index contributed by atoms with van der Waals surface area (Å²) in [7, 11) is -3.76. The zero-order valence-electron chi connectivity index (χ0n) is 22.6. The number of nitrogens with zero attached hydrogens (tertiary/aromatic N) is 3. The smallest absolute Gasteiger partial charge is 0.238 e. The van der Waals surface area contributed by atoms with Gasteiger partial charge in [0.15, 0.2) is 0 Å². The van der Waals surface area contributed by atoms with Crippen molar-refractivity contribution < 1.29 is 13.2 Å². The van der Waals surface area contributed by atoms with E-state index in [1.807, 2.05) is 66.6 Å². The van der Waals surface area contributed by atoms with Crippen LogP contribution in [0.4, 0.5) is 0 Å². The summed E-state index contributed by atoms with van der Waals surface area (Å²) in [6.45, 7) is 3.25. The third-order valence-electron chi connectivity index (χ3n) is 7.23. The van der Waals surface area contributed by atoms with Gasteiger partial charge in [-0.1, -0.05) is 84.6 Å². The maximum atomic E-state index is 13.9. The van der Waals surface area contributed by atoms with E-state index in [1.54, 1.807) is 6.08 Å². The summed E-state index contributed by atoms with van der Waals surface area (Å²) in [4.78, 5) is 15.8. The van der Waals surface area contributed by atoms with Crippen LogP contribution in [0.15, 0.2) is 82.8 Å². The minimum absolute atomic E-state index is 0.119.